The number of carbonyl (C=O) groups is 1. The van der Waals surface area contributed by atoms with Crippen LogP contribution in [0.15, 0.2) is 22.7 Å². The highest BCUT2D eigenvalue weighted by molar-refractivity contribution is 9.10. The number of hydrogen-bond donors (Lipinski definition) is 0. The summed E-state index contributed by atoms with van der Waals surface area (Å²) >= 11 is 3.31. The molecule has 0 aromatic heterocycles. The predicted molar refractivity (Wildman–Crippen MR) is 53.2 cm³/mol. The summed E-state index contributed by atoms with van der Waals surface area (Å²) in [4.78, 5) is 10.7. The maximum absolute atomic E-state index is 10.7. The van der Waals surface area contributed by atoms with E-state index < -0.39 is 0 Å². The van der Waals surface area contributed by atoms with E-state index >= 15 is 0 Å². The molecule has 0 radical (unpaired) electrons. The Morgan fingerprint density at radius 2 is 2.23 bits per heavy atom. The maximum atomic E-state index is 10.7. The van der Waals surface area contributed by atoms with Crippen molar-refractivity contribution in [1.82, 2.24) is 0 Å². The lowest BCUT2D eigenvalue weighted by Crippen LogP contribution is -1.99. The molecule has 2 nitrogen and oxygen atoms in total. The van der Waals surface area contributed by atoms with E-state index in [1.165, 1.54) is 0 Å². The molecule has 0 saturated heterocycles. The Balaban J connectivity index is 2.30. The summed E-state index contributed by atoms with van der Waals surface area (Å²) in [5.41, 5.74) is 0.606. The monoisotopic (exact) mass is 240 g/mol. The van der Waals surface area contributed by atoms with E-state index in [1.807, 2.05) is 18.2 Å². The first-order valence-corrected chi connectivity index (χ1v) is 5.01. The number of halogens is 1. The van der Waals surface area contributed by atoms with Crippen molar-refractivity contribution in [2.75, 3.05) is 0 Å². The first-order chi connectivity index (χ1) is 6.31. The minimum atomic E-state index is 0.327. The number of benzene rings is 1. The fourth-order valence-electron chi connectivity index (χ4n) is 1.10. The SMILES string of the molecule is O=Cc1c(Br)cccc1OC1CC1. The van der Waals surface area contributed by atoms with Crippen LogP contribution in [0.2, 0.25) is 0 Å². The first kappa shape index (κ1) is 8.75. The zero-order valence-electron chi connectivity index (χ0n) is 7.00. The van der Waals surface area contributed by atoms with Gasteiger partial charge in [0.15, 0.2) is 6.29 Å². The summed E-state index contributed by atoms with van der Waals surface area (Å²) in [6, 6.07) is 5.53. The molecule has 0 N–H and O–H groups in total. The van der Waals surface area contributed by atoms with Crippen LogP contribution in [0.25, 0.3) is 0 Å². The van der Waals surface area contributed by atoms with E-state index in [1.54, 1.807) is 0 Å². The van der Waals surface area contributed by atoms with Crippen LogP contribution in [0.3, 0.4) is 0 Å². The van der Waals surface area contributed by atoms with Crippen LogP contribution in [0.1, 0.15) is 23.2 Å². The highest BCUT2D eigenvalue weighted by atomic mass is 79.9. The van der Waals surface area contributed by atoms with Gasteiger partial charge in [0.25, 0.3) is 0 Å². The number of ether oxygens (including phenoxy) is 1. The van der Waals surface area contributed by atoms with Gasteiger partial charge in [0.05, 0.1) is 11.7 Å². The zero-order chi connectivity index (χ0) is 9.26. The van der Waals surface area contributed by atoms with Crippen molar-refractivity contribution in [3.8, 4) is 5.75 Å². The van der Waals surface area contributed by atoms with Gasteiger partial charge in [-0.05, 0) is 40.9 Å². The van der Waals surface area contributed by atoms with Crippen molar-refractivity contribution in [2.24, 2.45) is 0 Å². The molecule has 0 aliphatic heterocycles. The van der Waals surface area contributed by atoms with Gasteiger partial charge in [0.2, 0.25) is 0 Å². The molecule has 3 heteroatoms. The summed E-state index contributed by atoms with van der Waals surface area (Å²) in [6.45, 7) is 0. The standard InChI is InChI=1S/C10H9BrO2/c11-9-2-1-3-10(8(9)6-12)13-7-4-5-7/h1-3,6-7H,4-5H2. The van der Waals surface area contributed by atoms with Crippen molar-refractivity contribution < 1.29 is 9.53 Å². The third-order valence-corrected chi connectivity index (χ3v) is 2.64. The van der Waals surface area contributed by atoms with E-state index in [2.05, 4.69) is 15.9 Å². The summed E-state index contributed by atoms with van der Waals surface area (Å²) in [5, 5.41) is 0. The Kier molecular flexibility index (Phi) is 2.36. The van der Waals surface area contributed by atoms with E-state index in [0.29, 0.717) is 17.4 Å². The first-order valence-electron chi connectivity index (χ1n) is 4.21. The third kappa shape index (κ3) is 1.91. The van der Waals surface area contributed by atoms with Gasteiger partial charge in [-0.1, -0.05) is 6.07 Å². The summed E-state index contributed by atoms with van der Waals surface area (Å²) in [7, 11) is 0. The molecule has 68 valence electrons. The van der Waals surface area contributed by atoms with Gasteiger partial charge in [-0.25, -0.2) is 0 Å². The van der Waals surface area contributed by atoms with Gasteiger partial charge in [0, 0.05) is 4.47 Å². The van der Waals surface area contributed by atoms with Crippen LogP contribution in [-0.2, 0) is 0 Å². The molecule has 0 bridgehead atoms. The largest absolute Gasteiger partial charge is 0.490 e. The number of carbonyl (C=O) groups excluding carboxylic acids is 1. The van der Waals surface area contributed by atoms with Crippen molar-refractivity contribution in [3.05, 3.63) is 28.2 Å². The Labute approximate surface area is 85.0 Å². The second-order valence-electron chi connectivity index (χ2n) is 3.09. The maximum Gasteiger partial charge on any atom is 0.154 e. The Bertz CT molecular complexity index is 332. The molecule has 1 aromatic rings. The molecule has 0 amide bonds. The molecule has 0 heterocycles. The molecule has 0 atom stereocenters. The molecule has 0 unspecified atom stereocenters. The molecule has 1 aromatic carbocycles. The second kappa shape index (κ2) is 3.50. The molecule has 1 saturated carbocycles. The average molecular weight is 241 g/mol. The van der Waals surface area contributed by atoms with Gasteiger partial charge in [0.1, 0.15) is 5.75 Å². The molecule has 1 aliphatic rings. The van der Waals surface area contributed by atoms with Crippen molar-refractivity contribution >= 4 is 22.2 Å². The third-order valence-electron chi connectivity index (χ3n) is 1.95. The van der Waals surface area contributed by atoms with Crippen molar-refractivity contribution in [3.63, 3.8) is 0 Å². The minimum absolute atomic E-state index is 0.327. The predicted octanol–water partition coefficient (Wildman–Crippen LogP) is 2.80. The van der Waals surface area contributed by atoms with Crippen LogP contribution >= 0.6 is 15.9 Å². The van der Waals surface area contributed by atoms with Gasteiger partial charge in [-0.2, -0.15) is 0 Å². The number of hydrogen-bond acceptors (Lipinski definition) is 2. The van der Waals surface area contributed by atoms with E-state index in [9.17, 15) is 4.79 Å². The molecule has 0 spiro atoms. The number of aldehydes is 1. The molecular weight excluding hydrogens is 232 g/mol. The average Bonchev–Trinajstić information content (AvgIpc) is 2.89. The Morgan fingerprint density at radius 1 is 1.46 bits per heavy atom. The fraction of sp³-hybridized carbons (Fsp3) is 0.300. The van der Waals surface area contributed by atoms with Crippen molar-refractivity contribution in [2.45, 2.75) is 18.9 Å². The van der Waals surface area contributed by atoms with Gasteiger partial charge >= 0.3 is 0 Å². The molecule has 1 aliphatic carbocycles. The van der Waals surface area contributed by atoms with Crippen LogP contribution in [0.5, 0.6) is 5.75 Å². The van der Waals surface area contributed by atoms with E-state index in [0.717, 1.165) is 23.6 Å². The van der Waals surface area contributed by atoms with Crippen molar-refractivity contribution in [1.29, 1.82) is 0 Å². The lowest BCUT2D eigenvalue weighted by molar-refractivity contribution is 0.111. The van der Waals surface area contributed by atoms with Crippen LogP contribution in [0, 0.1) is 0 Å². The minimum Gasteiger partial charge on any atom is -0.490 e. The van der Waals surface area contributed by atoms with E-state index in [-0.39, 0.29) is 0 Å². The normalized spacial score (nSPS) is 15.5. The zero-order valence-corrected chi connectivity index (χ0v) is 8.58. The van der Waals surface area contributed by atoms with Crippen LogP contribution in [0.4, 0.5) is 0 Å². The lowest BCUT2D eigenvalue weighted by atomic mass is 10.2. The molecule has 13 heavy (non-hydrogen) atoms. The molecular formula is C10H9BrO2. The molecule has 2 rings (SSSR count). The smallest absolute Gasteiger partial charge is 0.154 e. The van der Waals surface area contributed by atoms with Gasteiger partial charge in [-0.15, -0.1) is 0 Å². The summed E-state index contributed by atoms with van der Waals surface area (Å²) < 4.78 is 6.36. The van der Waals surface area contributed by atoms with Gasteiger partial charge < -0.3 is 4.74 Å². The Morgan fingerprint density at radius 3 is 2.85 bits per heavy atom. The van der Waals surface area contributed by atoms with Crippen LogP contribution < -0.4 is 4.74 Å². The van der Waals surface area contributed by atoms with E-state index in [4.69, 9.17) is 4.74 Å². The summed E-state index contributed by atoms with van der Waals surface area (Å²) in [6.07, 6.45) is 3.35. The molecule has 1 fully saturated rings. The highest BCUT2D eigenvalue weighted by Gasteiger charge is 2.24. The highest BCUT2D eigenvalue weighted by Crippen LogP contribution is 2.31. The summed E-state index contributed by atoms with van der Waals surface area (Å²) in [5.74, 6) is 0.687. The Hall–Kier alpha value is -0.830. The fourth-order valence-corrected chi connectivity index (χ4v) is 1.54. The van der Waals surface area contributed by atoms with Gasteiger partial charge in [-0.3, -0.25) is 4.79 Å². The van der Waals surface area contributed by atoms with Crippen LogP contribution in [-0.4, -0.2) is 12.4 Å². The second-order valence-corrected chi connectivity index (χ2v) is 3.94. The lowest BCUT2D eigenvalue weighted by Gasteiger charge is -2.07. The number of rotatable bonds is 3. The topological polar surface area (TPSA) is 26.3 Å². The quantitative estimate of drug-likeness (QED) is 0.760.